The third-order valence-electron chi connectivity index (χ3n) is 2.87. The number of hydrazone groups is 1. The molecule has 0 aliphatic rings. The Kier molecular flexibility index (Phi) is 5.30. The number of aromatic hydroxyl groups is 1. The largest absolute Gasteiger partial charge is 0.507 e. The molecule has 0 bridgehead atoms. The molecule has 118 valence electrons. The van der Waals surface area contributed by atoms with Crippen LogP contribution in [0.15, 0.2) is 53.6 Å². The van der Waals surface area contributed by atoms with Gasteiger partial charge in [-0.2, -0.15) is 5.10 Å². The zero-order chi connectivity index (χ0) is 16.7. The summed E-state index contributed by atoms with van der Waals surface area (Å²) in [5.41, 5.74) is 2.87. The van der Waals surface area contributed by atoms with Gasteiger partial charge in [-0.1, -0.05) is 24.3 Å². The van der Waals surface area contributed by atoms with E-state index >= 15 is 0 Å². The zero-order valence-electron chi connectivity index (χ0n) is 12.3. The fraction of sp³-hybridized carbons (Fsp3) is 0.0625. The molecule has 0 saturated heterocycles. The smallest absolute Gasteiger partial charge is 0.329 e. The maximum Gasteiger partial charge on any atom is 0.329 e. The van der Waals surface area contributed by atoms with E-state index in [1.165, 1.54) is 19.4 Å². The Morgan fingerprint density at radius 1 is 1.09 bits per heavy atom. The molecule has 0 fully saturated rings. The molecule has 0 radical (unpaired) electrons. The molecule has 0 heterocycles. The van der Waals surface area contributed by atoms with E-state index in [0.717, 1.165) is 0 Å². The van der Waals surface area contributed by atoms with Crippen molar-refractivity contribution in [2.75, 3.05) is 12.4 Å². The number of rotatable bonds is 4. The molecule has 2 aromatic rings. The number of phenols is 1. The monoisotopic (exact) mass is 313 g/mol. The third-order valence-corrected chi connectivity index (χ3v) is 2.87. The second-order valence-corrected chi connectivity index (χ2v) is 4.41. The molecule has 0 saturated carbocycles. The summed E-state index contributed by atoms with van der Waals surface area (Å²) in [5, 5.41) is 15.6. The highest BCUT2D eigenvalue weighted by molar-refractivity contribution is 6.39. The van der Waals surface area contributed by atoms with Crippen molar-refractivity contribution in [2.45, 2.75) is 0 Å². The molecule has 2 rings (SSSR count). The number of benzene rings is 2. The van der Waals surface area contributed by atoms with Crippen molar-refractivity contribution in [3.63, 3.8) is 0 Å². The molecule has 0 aromatic heterocycles. The molecule has 7 nitrogen and oxygen atoms in total. The van der Waals surface area contributed by atoms with Gasteiger partial charge in [0, 0.05) is 5.56 Å². The Balaban J connectivity index is 1.95. The number of para-hydroxylation sites is 3. The predicted octanol–water partition coefficient (Wildman–Crippen LogP) is 1.49. The minimum Gasteiger partial charge on any atom is -0.507 e. The molecule has 7 heteroatoms. The second kappa shape index (κ2) is 7.60. The average Bonchev–Trinajstić information content (AvgIpc) is 2.57. The molecule has 0 unspecified atom stereocenters. The van der Waals surface area contributed by atoms with Crippen molar-refractivity contribution in [1.29, 1.82) is 0 Å². The molecule has 23 heavy (non-hydrogen) atoms. The number of phenolic OH excluding ortho intramolecular Hbond substituents is 1. The van der Waals surface area contributed by atoms with Crippen LogP contribution in [0.5, 0.6) is 11.5 Å². The number of methoxy groups -OCH3 is 1. The quantitative estimate of drug-likeness (QED) is 0.452. The fourth-order valence-corrected chi connectivity index (χ4v) is 1.73. The van der Waals surface area contributed by atoms with Crippen LogP contribution in [0.1, 0.15) is 5.56 Å². The van der Waals surface area contributed by atoms with E-state index in [1.54, 1.807) is 42.5 Å². The summed E-state index contributed by atoms with van der Waals surface area (Å²) < 4.78 is 5.07. The van der Waals surface area contributed by atoms with Crippen LogP contribution >= 0.6 is 0 Å². The topological polar surface area (TPSA) is 100 Å². The van der Waals surface area contributed by atoms with Crippen molar-refractivity contribution < 1.29 is 19.4 Å². The number of amides is 2. The first-order valence-electron chi connectivity index (χ1n) is 6.67. The van der Waals surface area contributed by atoms with E-state index in [1.807, 2.05) is 0 Å². The van der Waals surface area contributed by atoms with Crippen molar-refractivity contribution in [2.24, 2.45) is 5.10 Å². The highest BCUT2D eigenvalue weighted by Gasteiger charge is 2.14. The zero-order valence-corrected chi connectivity index (χ0v) is 12.3. The first-order valence-corrected chi connectivity index (χ1v) is 6.67. The number of anilines is 1. The van der Waals surface area contributed by atoms with Crippen LogP contribution in [-0.2, 0) is 9.59 Å². The molecule has 0 aliphatic carbocycles. The highest BCUT2D eigenvalue weighted by Crippen LogP contribution is 2.22. The number of carbonyl (C=O) groups excluding carboxylic acids is 2. The fourth-order valence-electron chi connectivity index (χ4n) is 1.73. The maximum atomic E-state index is 11.8. The van der Waals surface area contributed by atoms with Crippen LogP contribution in [0.4, 0.5) is 5.69 Å². The van der Waals surface area contributed by atoms with Gasteiger partial charge in [0.25, 0.3) is 0 Å². The van der Waals surface area contributed by atoms with Gasteiger partial charge in [0.2, 0.25) is 0 Å². The van der Waals surface area contributed by atoms with Crippen LogP contribution in [-0.4, -0.2) is 30.2 Å². The third kappa shape index (κ3) is 4.31. The van der Waals surface area contributed by atoms with Crippen molar-refractivity contribution in [1.82, 2.24) is 5.43 Å². The van der Waals surface area contributed by atoms with E-state index in [0.29, 0.717) is 17.0 Å². The molecule has 2 amide bonds. The molecule has 0 aliphatic heterocycles. The van der Waals surface area contributed by atoms with E-state index in [9.17, 15) is 14.7 Å². The van der Waals surface area contributed by atoms with E-state index in [2.05, 4.69) is 15.8 Å². The minimum absolute atomic E-state index is 0.0176. The van der Waals surface area contributed by atoms with Crippen LogP contribution in [0.3, 0.4) is 0 Å². The Hall–Kier alpha value is -3.35. The van der Waals surface area contributed by atoms with Crippen LogP contribution < -0.4 is 15.5 Å². The number of ether oxygens (including phenoxy) is 1. The number of hydrogen-bond acceptors (Lipinski definition) is 5. The molecule has 0 atom stereocenters. The Bertz CT molecular complexity index is 744. The van der Waals surface area contributed by atoms with Crippen LogP contribution in [0, 0.1) is 0 Å². The first-order chi connectivity index (χ1) is 11.1. The minimum atomic E-state index is -0.942. The van der Waals surface area contributed by atoms with Gasteiger partial charge in [-0.3, -0.25) is 9.59 Å². The summed E-state index contributed by atoms with van der Waals surface area (Å²) >= 11 is 0. The Morgan fingerprint density at radius 2 is 1.78 bits per heavy atom. The number of carbonyl (C=O) groups is 2. The lowest BCUT2D eigenvalue weighted by molar-refractivity contribution is -0.136. The van der Waals surface area contributed by atoms with E-state index in [-0.39, 0.29) is 5.75 Å². The molecular formula is C16H15N3O4. The molecule has 3 N–H and O–H groups in total. The SMILES string of the molecule is COc1ccccc1NC(=O)C(=O)N/N=C\c1ccccc1O. The summed E-state index contributed by atoms with van der Waals surface area (Å²) in [6.07, 6.45) is 1.24. The standard InChI is InChI=1S/C16H15N3O4/c1-23-14-9-5-3-7-12(14)18-15(21)16(22)19-17-10-11-6-2-4-8-13(11)20/h2-10,20H,1H3,(H,18,21)(H,19,22)/b17-10-. The Morgan fingerprint density at radius 3 is 2.52 bits per heavy atom. The van der Waals surface area contributed by atoms with Gasteiger partial charge < -0.3 is 15.2 Å². The lowest BCUT2D eigenvalue weighted by atomic mass is 10.2. The van der Waals surface area contributed by atoms with Gasteiger partial charge in [-0.25, -0.2) is 5.43 Å². The number of nitrogens with zero attached hydrogens (tertiary/aromatic N) is 1. The Labute approximate surface area is 132 Å². The van der Waals surface area contributed by atoms with Crippen LogP contribution in [0.2, 0.25) is 0 Å². The van der Waals surface area contributed by atoms with E-state index < -0.39 is 11.8 Å². The first kappa shape index (κ1) is 16.0. The van der Waals surface area contributed by atoms with Gasteiger partial charge >= 0.3 is 11.8 Å². The average molecular weight is 313 g/mol. The van der Waals surface area contributed by atoms with Crippen LogP contribution in [0.25, 0.3) is 0 Å². The highest BCUT2D eigenvalue weighted by atomic mass is 16.5. The molecular weight excluding hydrogens is 298 g/mol. The summed E-state index contributed by atoms with van der Waals surface area (Å²) in [6, 6.07) is 13.2. The normalized spacial score (nSPS) is 10.3. The summed E-state index contributed by atoms with van der Waals surface area (Å²) in [4.78, 5) is 23.5. The maximum absolute atomic E-state index is 11.8. The van der Waals surface area contributed by atoms with Crippen molar-refractivity contribution in [3.05, 3.63) is 54.1 Å². The number of nitrogens with one attached hydrogen (secondary N) is 2. The lowest BCUT2D eigenvalue weighted by Crippen LogP contribution is -2.32. The molecule has 2 aromatic carbocycles. The van der Waals surface area contributed by atoms with Crippen molar-refractivity contribution in [3.8, 4) is 11.5 Å². The van der Waals surface area contributed by atoms with Gasteiger partial charge in [-0.05, 0) is 24.3 Å². The van der Waals surface area contributed by atoms with E-state index in [4.69, 9.17) is 4.74 Å². The van der Waals surface area contributed by atoms with Gasteiger partial charge in [0.05, 0.1) is 19.0 Å². The molecule has 0 spiro atoms. The van der Waals surface area contributed by atoms with Gasteiger partial charge in [0.15, 0.2) is 0 Å². The summed E-state index contributed by atoms with van der Waals surface area (Å²) in [6.45, 7) is 0. The van der Waals surface area contributed by atoms with Gasteiger partial charge in [-0.15, -0.1) is 0 Å². The van der Waals surface area contributed by atoms with Crippen molar-refractivity contribution >= 4 is 23.7 Å². The van der Waals surface area contributed by atoms with Gasteiger partial charge in [0.1, 0.15) is 11.5 Å². The summed E-state index contributed by atoms with van der Waals surface area (Å²) in [7, 11) is 1.46. The summed E-state index contributed by atoms with van der Waals surface area (Å²) in [5.74, 6) is -1.37. The predicted molar refractivity (Wildman–Crippen MR) is 85.5 cm³/mol. The lowest BCUT2D eigenvalue weighted by Gasteiger charge is -2.08. The second-order valence-electron chi connectivity index (χ2n) is 4.41. The number of hydrogen-bond donors (Lipinski definition) is 3.